The lowest BCUT2D eigenvalue weighted by atomic mass is 10.2. The predicted molar refractivity (Wildman–Crippen MR) is 65.8 cm³/mol. The van der Waals surface area contributed by atoms with E-state index in [0.29, 0.717) is 23.5 Å². The fourth-order valence-corrected chi connectivity index (χ4v) is 1.33. The van der Waals surface area contributed by atoms with Crippen molar-refractivity contribution in [2.45, 2.75) is 32.7 Å². The van der Waals surface area contributed by atoms with Crippen LogP contribution in [0.4, 0.5) is 5.95 Å². The van der Waals surface area contributed by atoms with Crippen LogP contribution in [0, 0.1) is 5.92 Å². The van der Waals surface area contributed by atoms with Crippen molar-refractivity contribution in [3.05, 3.63) is 18.0 Å². The van der Waals surface area contributed by atoms with Gasteiger partial charge in [0.25, 0.3) is 5.91 Å². The Morgan fingerprint density at radius 2 is 2.06 bits per heavy atom. The first-order valence-electron chi connectivity index (χ1n) is 6.02. The standard InChI is InChI=1S/C12H18N4O/c1-8(2)5-13-12-14-6-9(7-15-12)11(17)16-10-3-4-10/h6-8,10H,3-5H2,1-2H3,(H,16,17)(H,13,14,15). The van der Waals surface area contributed by atoms with Crippen LogP contribution < -0.4 is 10.6 Å². The summed E-state index contributed by atoms with van der Waals surface area (Å²) in [5.74, 6) is 1.03. The van der Waals surface area contributed by atoms with E-state index in [1.165, 1.54) is 0 Å². The van der Waals surface area contributed by atoms with Gasteiger partial charge in [0.1, 0.15) is 0 Å². The lowest BCUT2D eigenvalue weighted by Crippen LogP contribution is -2.25. The van der Waals surface area contributed by atoms with Crippen LogP contribution >= 0.6 is 0 Å². The summed E-state index contributed by atoms with van der Waals surface area (Å²) in [5.41, 5.74) is 0.520. The zero-order valence-corrected chi connectivity index (χ0v) is 10.2. The van der Waals surface area contributed by atoms with Crippen molar-refractivity contribution in [1.29, 1.82) is 0 Å². The zero-order valence-electron chi connectivity index (χ0n) is 10.2. The Morgan fingerprint density at radius 1 is 1.41 bits per heavy atom. The normalized spacial score (nSPS) is 14.8. The lowest BCUT2D eigenvalue weighted by Gasteiger charge is -2.07. The number of anilines is 1. The third-order valence-corrected chi connectivity index (χ3v) is 2.50. The number of hydrogen-bond acceptors (Lipinski definition) is 4. The van der Waals surface area contributed by atoms with Crippen molar-refractivity contribution >= 4 is 11.9 Å². The second-order valence-electron chi connectivity index (χ2n) is 4.82. The van der Waals surface area contributed by atoms with Gasteiger partial charge in [-0.25, -0.2) is 9.97 Å². The van der Waals surface area contributed by atoms with E-state index in [-0.39, 0.29) is 5.91 Å². The van der Waals surface area contributed by atoms with E-state index in [9.17, 15) is 4.79 Å². The maximum Gasteiger partial charge on any atom is 0.254 e. The Morgan fingerprint density at radius 3 is 2.59 bits per heavy atom. The minimum absolute atomic E-state index is 0.0806. The van der Waals surface area contributed by atoms with Crippen molar-refractivity contribution < 1.29 is 4.79 Å². The zero-order chi connectivity index (χ0) is 12.3. The molecule has 5 nitrogen and oxygen atoms in total. The Balaban J connectivity index is 1.89. The van der Waals surface area contributed by atoms with Gasteiger partial charge in [-0.3, -0.25) is 4.79 Å². The van der Waals surface area contributed by atoms with Crippen molar-refractivity contribution in [1.82, 2.24) is 15.3 Å². The molecule has 1 aliphatic carbocycles. The maximum atomic E-state index is 11.7. The smallest absolute Gasteiger partial charge is 0.254 e. The highest BCUT2D eigenvalue weighted by molar-refractivity contribution is 5.94. The van der Waals surface area contributed by atoms with Crippen LogP contribution in [0.5, 0.6) is 0 Å². The molecule has 0 aromatic carbocycles. The van der Waals surface area contributed by atoms with Gasteiger partial charge in [0.2, 0.25) is 5.95 Å². The molecular formula is C12H18N4O. The van der Waals surface area contributed by atoms with Crippen molar-refractivity contribution in [3.63, 3.8) is 0 Å². The first-order valence-corrected chi connectivity index (χ1v) is 6.02. The number of amides is 1. The number of rotatable bonds is 5. The molecule has 1 saturated carbocycles. The van der Waals surface area contributed by atoms with Crippen molar-refractivity contribution in [2.75, 3.05) is 11.9 Å². The average Bonchev–Trinajstić information content (AvgIpc) is 3.11. The Hall–Kier alpha value is -1.65. The number of nitrogens with one attached hydrogen (secondary N) is 2. The summed E-state index contributed by atoms with van der Waals surface area (Å²) in [6.45, 7) is 5.06. The van der Waals surface area contributed by atoms with Gasteiger partial charge in [0.15, 0.2) is 0 Å². The van der Waals surface area contributed by atoms with Crippen molar-refractivity contribution in [2.24, 2.45) is 5.92 Å². The second-order valence-corrected chi connectivity index (χ2v) is 4.82. The number of carbonyl (C=O) groups excluding carboxylic acids is 1. The van der Waals surface area contributed by atoms with Crippen LogP contribution in [0.1, 0.15) is 37.0 Å². The predicted octanol–water partition coefficient (Wildman–Crippen LogP) is 1.44. The highest BCUT2D eigenvalue weighted by Gasteiger charge is 2.23. The molecule has 0 bridgehead atoms. The fourth-order valence-electron chi connectivity index (χ4n) is 1.33. The quantitative estimate of drug-likeness (QED) is 0.809. The molecule has 5 heteroatoms. The summed E-state index contributed by atoms with van der Waals surface area (Å²) in [7, 11) is 0. The minimum Gasteiger partial charge on any atom is -0.354 e. The fraction of sp³-hybridized carbons (Fsp3) is 0.583. The highest BCUT2D eigenvalue weighted by Crippen LogP contribution is 2.19. The van der Waals surface area contributed by atoms with Gasteiger partial charge in [0, 0.05) is 25.0 Å². The van der Waals surface area contributed by atoms with Gasteiger partial charge in [0.05, 0.1) is 5.56 Å². The third-order valence-electron chi connectivity index (χ3n) is 2.50. The van der Waals surface area contributed by atoms with Crippen LogP contribution in [0.3, 0.4) is 0 Å². The molecule has 0 saturated heterocycles. The van der Waals surface area contributed by atoms with Crippen LogP contribution in [0.15, 0.2) is 12.4 Å². The van der Waals surface area contributed by atoms with E-state index in [2.05, 4.69) is 34.4 Å². The van der Waals surface area contributed by atoms with Gasteiger partial charge < -0.3 is 10.6 Å². The summed E-state index contributed by atoms with van der Waals surface area (Å²) in [6, 6.07) is 0.362. The van der Waals surface area contributed by atoms with Gasteiger partial charge in [-0.05, 0) is 18.8 Å². The number of nitrogens with zero attached hydrogens (tertiary/aromatic N) is 2. The molecule has 92 valence electrons. The second kappa shape index (κ2) is 5.12. The molecule has 0 unspecified atom stereocenters. The van der Waals surface area contributed by atoms with Crippen LogP contribution in [-0.2, 0) is 0 Å². The SMILES string of the molecule is CC(C)CNc1ncc(C(=O)NC2CC2)cn1. The molecule has 0 atom stereocenters. The van der Waals surface area contributed by atoms with E-state index in [0.717, 1.165) is 19.4 Å². The molecule has 1 amide bonds. The van der Waals surface area contributed by atoms with E-state index >= 15 is 0 Å². The van der Waals surface area contributed by atoms with Gasteiger partial charge in [-0.1, -0.05) is 13.8 Å². The molecule has 2 N–H and O–H groups in total. The molecule has 17 heavy (non-hydrogen) atoms. The highest BCUT2D eigenvalue weighted by atomic mass is 16.1. The van der Waals surface area contributed by atoms with Gasteiger partial charge >= 0.3 is 0 Å². The summed E-state index contributed by atoms with van der Waals surface area (Å²) in [6.07, 6.45) is 5.29. The number of carbonyl (C=O) groups is 1. The summed E-state index contributed by atoms with van der Waals surface area (Å²) < 4.78 is 0. The summed E-state index contributed by atoms with van der Waals surface area (Å²) >= 11 is 0. The van der Waals surface area contributed by atoms with E-state index in [4.69, 9.17) is 0 Å². The first-order chi connectivity index (χ1) is 8.15. The molecule has 0 spiro atoms. The van der Waals surface area contributed by atoms with E-state index in [1.54, 1.807) is 12.4 Å². The molecule has 1 aromatic heterocycles. The summed E-state index contributed by atoms with van der Waals surface area (Å²) in [5, 5.41) is 6.01. The maximum absolute atomic E-state index is 11.7. The molecule has 0 aliphatic heterocycles. The number of aromatic nitrogens is 2. The molecule has 1 fully saturated rings. The number of hydrogen-bond donors (Lipinski definition) is 2. The van der Waals surface area contributed by atoms with Gasteiger partial charge in [-0.15, -0.1) is 0 Å². The van der Waals surface area contributed by atoms with E-state index in [1.807, 2.05) is 0 Å². The first kappa shape index (κ1) is 11.8. The summed E-state index contributed by atoms with van der Waals surface area (Å²) in [4.78, 5) is 19.9. The average molecular weight is 234 g/mol. The third kappa shape index (κ3) is 3.69. The molecule has 1 heterocycles. The monoisotopic (exact) mass is 234 g/mol. The molecular weight excluding hydrogens is 216 g/mol. The van der Waals surface area contributed by atoms with Crippen LogP contribution in [0.25, 0.3) is 0 Å². The molecule has 2 rings (SSSR count). The molecule has 1 aliphatic rings. The Kier molecular flexibility index (Phi) is 3.56. The Labute approximate surface area is 101 Å². The Bertz CT molecular complexity index is 384. The van der Waals surface area contributed by atoms with Crippen molar-refractivity contribution in [3.8, 4) is 0 Å². The lowest BCUT2D eigenvalue weighted by molar-refractivity contribution is 0.0950. The molecule has 1 aromatic rings. The van der Waals surface area contributed by atoms with Crippen LogP contribution in [0.2, 0.25) is 0 Å². The largest absolute Gasteiger partial charge is 0.354 e. The van der Waals surface area contributed by atoms with Crippen LogP contribution in [-0.4, -0.2) is 28.5 Å². The van der Waals surface area contributed by atoms with E-state index < -0.39 is 0 Å². The van der Waals surface area contributed by atoms with Gasteiger partial charge in [-0.2, -0.15) is 0 Å². The topological polar surface area (TPSA) is 66.9 Å². The molecule has 0 radical (unpaired) electrons. The minimum atomic E-state index is -0.0806.